The van der Waals surface area contributed by atoms with Crippen LogP contribution in [0, 0.1) is 6.92 Å². The van der Waals surface area contributed by atoms with Crippen LogP contribution in [0.5, 0.6) is 0 Å². The molecule has 0 aliphatic heterocycles. The van der Waals surface area contributed by atoms with Crippen molar-refractivity contribution >= 4 is 22.9 Å². The highest BCUT2D eigenvalue weighted by Gasteiger charge is 2.17. The molecule has 2 rings (SSSR count). The molecule has 1 aromatic carbocycles. The smallest absolute Gasteiger partial charge is 0.273 e. The van der Waals surface area contributed by atoms with Crippen LogP contribution in [0.25, 0.3) is 0 Å². The summed E-state index contributed by atoms with van der Waals surface area (Å²) in [5.41, 5.74) is 8.02. The number of anilines is 1. The Hall–Kier alpha value is -1.88. The summed E-state index contributed by atoms with van der Waals surface area (Å²) >= 11 is 1.49. The van der Waals surface area contributed by atoms with E-state index in [-0.39, 0.29) is 5.91 Å². The maximum Gasteiger partial charge on any atom is 0.273 e. The molecule has 0 unspecified atom stereocenters. The van der Waals surface area contributed by atoms with Crippen LogP contribution in [-0.4, -0.2) is 22.3 Å². The average molecular weight is 275 g/mol. The Labute approximate surface area is 116 Å². The van der Waals surface area contributed by atoms with Crippen LogP contribution in [-0.2, 0) is 6.54 Å². The lowest BCUT2D eigenvalue weighted by atomic mass is 10.2. The number of hydrogen-bond donors (Lipinski definition) is 1. The maximum absolute atomic E-state index is 12.3. The second-order valence-corrected chi connectivity index (χ2v) is 5.38. The summed E-state index contributed by atoms with van der Waals surface area (Å²) in [4.78, 5) is 18.3. The van der Waals surface area contributed by atoms with E-state index in [0.29, 0.717) is 24.5 Å². The van der Waals surface area contributed by atoms with E-state index >= 15 is 0 Å². The molecule has 1 heterocycles. The lowest BCUT2D eigenvalue weighted by Crippen LogP contribution is -2.30. The van der Waals surface area contributed by atoms with Gasteiger partial charge in [-0.05, 0) is 31.5 Å². The topological polar surface area (TPSA) is 59.2 Å². The molecule has 0 fully saturated rings. The molecule has 4 nitrogen and oxygen atoms in total. The minimum absolute atomic E-state index is 0.0331. The van der Waals surface area contributed by atoms with Gasteiger partial charge in [0.25, 0.3) is 5.91 Å². The van der Waals surface area contributed by atoms with E-state index in [2.05, 4.69) is 4.98 Å². The van der Waals surface area contributed by atoms with Crippen LogP contribution in [0.15, 0.2) is 29.6 Å². The molecule has 0 atom stereocenters. The second-order valence-electron chi connectivity index (χ2n) is 4.32. The number of aryl methyl sites for hydroxylation is 1. The minimum atomic E-state index is -0.0331. The molecule has 19 heavy (non-hydrogen) atoms. The van der Waals surface area contributed by atoms with Gasteiger partial charge >= 0.3 is 0 Å². The molecular weight excluding hydrogens is 258 g/mol. The van der Waals surface area contributed by atoms with Gasteiger partial charge in [-0.25, -0.2) is 4.98 Å². The monoisotopic (exact) mass is 275 g/mol. The Kier molecular flexibility index (Phi) is 4.16. The lowest BCUT2D eigenvalue weighted by Gasteiger charge is -2.20. The summed E-state index contributed by atoms with van der Waals surface area (Å²) in [6.45, 7) is 5.06. The summed E-state index contributed by atoms with van der Waals surface area (Å²) in [5.74, 6) is -0.0331. The van der Waals surface area contributed by atoms with E-state index in [0.717, 1.165) is 10.6 Å². The first kappa shape index (κ1) is 13.5. The van der Waals surface area contributed by atoms with E-state index < -0.39 is 0 Å². The molecule has 0 saturated heterocycles. The van der Waals surface area contributed by atoms with Crippen LogP contribution in [0.3, 0.4) is 0 Å². The van der Waals surface area contributed by atoms with Gasteiger partial charge in [0, 0.05) is 24.2 Å². The number of benzene rings is 1. The second kappa shape index (κ2) is 5.84. The number of carbonyl (C=O) groups excluding carboxylic acids is 1. The fourth-order valence-corrected chi connectivity index (χ4v) is 2.45. The molecule has 2 aromatic rings. The molecule has 1 amide bonds. The number of nitrogen functional groups attached to an aromatic ring is 1. The van der Waals surface area contributed by atoms with Crippen molar-refractivity contribution < 1.29 is 4.79 Å². The molecular formula is C14H17N3OS. The average Bonchev–Trinajstić information content (AvgIpc) is 2.82. The molecule has 0 bridgehead atoms. The van der Waals surface area contributed by atoms with Gasteiger partial charge in [0.15, 0.2) is 0 Å². The Morgan fingerprint density at radius 2 is 2.26 bits per heavy atom. The first-order valence-corrected chi connectivity index (χ1v) is 7.04. The van der Waals surface area contributed by atoms with Crippen molar-refractivity contribution in [1.29, 1.82) is 0 Å². The Morgan fingerprint density at radius 3 is 2.84 bits per heavy atom. The number of aromatic nitrogens is 1. The Morgan fingerprint density at radius 1 is 1.47 bits per heavy atom. The first-order valence-electron chi connectivity index (χ1n) is 6.16. The number of amides is 1. The molecule has 0 aliphatic rings. The number of carbonyl (C=O) groups is 1. The maximum atomic E-state index is 12.3. The van der Waals surface area contributed by atoms with Crippen molar-refractivity contribution in [3.8, 4) is 0 Å². The molecule has 0 saturated carbocycles. The SMILES string of the molecule is CCN(Cc1cccc(N)c1)C(=O)c1csc(C)n1. The first-order chi connectivity index (χ1) is 9.10. The van der Waals surface area contributed by atoms with E-state index in [1.807, 2.05) is 38.1 Å². The number of nitrogens with two attached hydrogens (primary N) is 1. The largest absolute Gasteiger partial charge is 0.399 e. The Bertz CT molecular complexity index is 580. The van der Waals surface area contributed by atoms with Crippen molar-refractivity contribution in [2.75, 3.05) is 12.3 Å². The molecule has 5 heteroatoms. The van der Waals surface area contributed by atoms with Crippen LogP contribution in [0.2, 0.25) is 0 Å². The van der Waals surface area contributed by atoms with Crippen LogP contribution in [0.4, 0.5) is 5.69 Å². The quantitative estimate of drug-likeness (QED) is 0.873. The lowest BCUT2D eigenvalue weighted by molar-refractivity contribution is 0.0747. The van der Waals surface area contributed by atoms with Gasteiger partial charge in [-0.1, -0.05) is 12.1 Å². The van der Waals surface area contributed by atoms with Crippen molar-refractivity contribution in [2.24, 2.45) is 0 Å². The molecule has 0 spiro atoms. The third-order valence-electron chi connectivity index (χ3n) is 2.83. The molecule has 100 valence electrons. The van der Waals surface area contributed by atoms with Gasteiger partial charge < -0.3 is 10.6 Å². The van der Waals surface area contributed by atoms with Crippen molar-refractivity contribution in [3.63, 3.8) is 0 Å². The summed E-state index contributed by atoms with van der Waals surface area (Å²) in [6.07, 6.45) is 0. The van der Waals surface area contributed by atoms with Gasteiger partial charge in [-0.3, -0.25) is 4.79 Å². The zero-order valence-electron chi connectivity index (χ0n) is 11.1. The minimum Gasteiger partial charge on any atom is -0.399 e. The van der Waals surface area contributed by atoms with Crippen molar-refractivity contribution in [3.05, 3.63) is 45.9 Å². The van der Waals surface area contributed by atoms with E-state index in [4.69, 9.17) is 5.73 Å². The number of nitrogens with zero attached hydrogens (tertiary/aromatic N) is 2. The Balaban J connectivity index is 2.14. The zero-order valence-corrected chi connectivity index (χ0v) is 11.9. The van der Waals surface area contributed by atoms with E-state index in [9.17, 15) is 4.79 Å². The highest BCUT2D eigenvalue weighted by Crippen LogP contribution is 2.14. The molecule has 1 aromatic heterocycles. The number of rotatable bonds is 4. The fraction of sp³-hybridized carbons (Fsp3) is 0.286. The van der Waals surface area contributed by atoms with Crippen LogP contribution < -0.4 is 5.73 Å². The summed E-state index contributed by atoms with van der Waals surface area (Å²) in [6, 6.07) is 7.60. The highest BCUT2D eigenvalue weighted by molar-refractivity contribution is 7.09. The fourth-order valence-electron chi connectivity index (χ4n) is 1.86. The molecule has 0 aliphatic carbocycles. The highest BCUT2D eigenvalue weighted by atomic mass is 32.1. The standard InChI is InChI=1S/C14H17N3OS/c1-3-17(8-11-5-4-6-12(15)7-11)14(18)13-9-19-10(2)16-13/h4-7,9H,3,8,15H2,1-2H3. The van der Waals surface area contributed by atoms with E-state index in [1.54, 1.807) is 10.3 Å². The number of hydrogen-bond acceptors (Lipinski definition) is 4. The third-order valence-corrected chi connectivity index (χ3v) is 3.61. The van der Waals surface area contributed by atoms with E-state index in [1.165, 1.54) is 11.3 Å². The van der Waals surface area contributed by atoms with Crippen LogP contribution >= 0.6 is 11.3 Å². The van der Waals surface area contributed by atoms with Gasteiger partial charge in [0.05, 0.1) is 5.01 Å². The predicted octanol–water partition coefficient (Wildman–Crippen LogP) is 2.70. The molecule has 0 radical (unpaired) electrons. The molecule has 2 N–H and O–H groups in total. The van der Waals surface area contributed by atoms with Crippen molar-refractivity contribution in [1.82, 2.24) is 9.88 Å². The van der Waals surface area contributed by atoms with Crippen LogP contribution in [0.1, 0.15) is 28.0 Å². The zero-order chi connectivity index (χ0) is 13.8. The summed E-state index contributed by atoms with van der Waals surface area (Å²) in [5, 5.41) is 2.71. The summed E-state index contributed by atoms with van der Waals surface area (Å²) < 4.78 is 0. The van der Waals surface area contributed by atoms with Gasteiger partial charge in [0.2, 0.25) is 0 Å². The third kappa shape index (κ3) is 3.32. The van der Waals surface area contributed by atoms with Gasteiger partial charge in [-0.2, -0.15) is 0 Å². The normalized spacial score (nSPS) is 10.4. The predicted molar refractivity (Wildman–Crippen MR) is 78.1 cm³/mol. The summed E-state index contributed by atoms with van der Waals surface area (Å²) in [7, 11) is 0. The van der Waals surface area contributed by atoms with Gasteiger partial charge in [0.1, 0.15) is 5.69 Å². The van der Waals surface area contributed by atoms with Crippen molar-refractivity contribution in [2.45, 2.75) is 20.4 Å². The number of thiazole rings is 1. The van der Waals surface area contributed by atoms with Gasteiger partial charge in [-0.15, -0.1) is 11.3 Å².